The molecule has 0 aromatic heterocycles. The molecule has 0 aliphatic rings. The van der Waals surface area contributed by atoms with E-state index in [0.29, 0.717) is 6.42 Å². The van der Waals surface area contributed by atoms with Crippen LogP contribution in [0.1, 0.15) is 30.5 Å². The Morgan fingerprint density at radius 2 is 1.64 bits per heavy atom. The average molecular weight is 362 g/mol. The van der Waals surface area contributed by atoms with Gasteiger partial charge in [-0.05, 0) is 25.1 Å². The topological polar surface area (TPSA) is 58.4 Å². The molecule has 1 amide bonds. The van der Waals surface area contributed by atoms with E-state index in [0.717, 1.165) is 18.7 Å². The molecular formula is C20H28ClN3O. The lowest BCUT2D eigenvalue weighted by atomic mass is 10.0. The smallest absolute Gasteiger partial charge is 0.222 e. The van der Waals surface area contributed by atoms with Gasteiger partial charge in [0.25, 0.3) is 0 Å². The van der Waals surface area contributed by atoms with E-state index >= 15 is 0 Å². The standard InChI is InChI=1S/C20H27N3O.ClH/c1-16(14-23(2)15-17-9-5-3-6-10-17)22-20(24)13-19(21)18-11-7-4-8-12-18;/h3-12,16,19H,13-15,21H2,1-2H3,(H,22,24);1H. The van der Waals surface area contributed by atoms with E-state index in [4.69, 9.17) is 5.73 Å². The lowest BCUT2D eigenvalue weighted by Crippen LogP contribution is -2.41. The van der Waals surface area contributed by atoms with Crippen LogP contribution in [0.4, 0.5) is 0 Å². The zero-order valence-corrected chi connectivity index (χ0v) is 15.7. The second-order valence-electron chi connectivity index (χ2n) is 6.37. The Morgan fingerprint density at radius 3 is 2.24 bits per heavy atom. The van der Waals surface area contributed by atoms with Crippen LogP contribution in [0, 0.1) is 0 Å². The molecule has 0 saturated carbocycles. The summed E-state index contributed by atoms with van der Waals surface area (Å²) in [5.41, 5.74) is 8.36. The van der Waals surface area contributed by atoms with Gasteiger partial charge >= 0.3 is 0 Å². The van der Waals surface area contributed by atoms with Crippen molar-refractivity contribution in [2.45, 2.75) is 32.0 Å². The number of likely N-dealkylation sites (N-methyl/N-ethyl adjacent to an activating group) is 1. The first-order chi connectivity index (χ1) is 11.5. The van der Waals surface area contributed by atoms with E-state index in [1.165, 1.54) is 5.56 Å². The molecule has 25 heavy (non-hydrogen) atoms. The Labute approximate surface area is 156 Å². The first-order valence-corrected chi connectivity index (χ1v) is 8.37. The summed E-state index contributed by atoms with van der Waals surface area (Å²) in [5.74, 6) is -0.00744. The molecule has 0 radical (unpaired) electrons. The maximum absolute atomic E-state index is 12.2. The molecule has 0 saturated heterocycles. The number of amides is 1. The summed E-state index contributed by atoms with van der Waals surface area (Å²) < 4.78 is 0. The van der Waals surface area contributed by atoms with E-state index in [9.17, 15) is 4.79 Å². The van der Waals surface area contributed by atoms with Crippen molar-refractivity contribution in [3.63, 3.8) is 0 Å². The largest absolute Gasteiger partial charge is 0.352 e. The van der Waals surface area contributed by atoms with Crippen molar-refractivity contribution < 1.29 is 4.79 Å². The van der Waals surface area contributed by atoms with E-state index in [1.807, 2.05) is 55.5 Å². The zero-order chi connectivity index (χ0) is 17.4. The monoisotopic (exact) mass is 361 g/mol. The maximum atomic E-state index is 12.2. The fraction of sp³-hybridized carbons (Fsp3) is 0.350. The van der Waals surface area contributed by atoms with Crippen molar-refractivity contribution in [2.24, 2.45) is 5.73 Å². The van der Waals surface area contributed by atoms with Crippen LogP contribution in [0.15, 0.2) is 60.7 Å². The third-order valence-corrected chi connectivity index (χ3v) is 3.92. The van der Waals surface area contributed by atoms with Crippen LogP contribution in [0.25, 0.3) is 0 Å². The molecule has 2 aromatic rings. The molecule has 2 unspecified atom stereocenters. The Kier molecular flexibility index (Phi) is 9.21. The molecule has 0 heterocycles. The quantitative estimate of drug-likeness (QED) is 0.759. The number of benzene rings is 2. The number of nitrogens with two attached hydrogens (primary N) is 1. The van der Waals surface area contributed by atoms with E-state index in [1.54, 1.807) is 0 Å². The Balaban J connectivity index is 0.00000312. The minimum atomic E-state index is -0.263. The minimum Gasteiger partial charge on any atom is -0.352 e. The highest BCUT2D eigenvalue weighted by Crippen LogP contribution is 2.13. The number of rotatable bonds is 8. The van der Waals surface area contributed by atoms with Gasteiger partial charge in [0.2, 0.25) is 5.91 Å². The highest BCUT2D eigenvalue weighted by Gasteiger charge is 2.14. The van der Waals surface area contributed by atoms with Crippen molar-refractivity contribution in [2.75, 3.05) is 13.6 Å². The van der Waals surface area contributed by atoms with Gasteiger partial charge in [0.1, 0.15) is 0 Å². The molecule has 0 bridgehead atoms. The molecular weight excluding hydrogens is 334 g/mol. The van der Waals surface area contributed by atoms with Crippen LogP contribution in [0.5, 0.6) is 0 Å². The van der Waals surface area contributed by atoms with Crippen LogP contribution >= 0.6 is 12.4 Å². The van der Waals surface area contributed by atoms with E-state index in [-0.39, 0.29) is 30.4 Å². The van der Waals surface area contributed by atoms with Gasteiger partial charge < -0.3 is 16.0 Å². The number of hydrogen-bond acceptors (Lipinski definition) is 3. The maximum Gasteiger partial charge on any atom is 0.222 e. The predicted octanol–water partition coefficient (Wildman–Crippen LogP) is 3.14. The molecule has 0 fully saturated rings. The molecule has 2 rings (SSSR count). The summed E-state index contributed by atoms with van der Waals surface area (Å²) in [5, 5.41) is 3.04. The summed E-state index contributed by atoms with van der Waals surface area (Å²) in [4.78, 5) is 14.4. The van der Waals surface area contributed by atoms with Crippen LogP contribution in [0.3, 0.4) is 0 Å². The fourth-order valence-corrected chi connectivity index (χ4v) is 2.82. The van der Waals surface area contributed by atoms with Gasteiger partial charge in [-0.2, -0.15) is 0 Å². The van der Waals surface area contributed by atoms with Crippen LogP contribution in [-0.4, -0.2) is 30.4 Å². The number of halogens is 1. The first-order valence-electron chi connectivity index (χ1n) is 8.37. The molecule has 2 atom stereocenters. The molecule has 0 aliphatic carbocycles. The third-order valence-electron chi connectivity index (χ3n) is 3.92. The molecule has 136 valence electrons. The van der Waals surface area contributed by atoms with Crippen molar-refractivity contribution in [3.8, 4) is 0 Å². The number of carbonyl (C=O) groups excluding carboxylic acids is 1. The SMILES string of the molecule is CC(CN(C)Cc1ccccc1)NC(=O)CC(N)c1ccccc1.Cl. The third kappa shape index (κ3) is 7.69. The second kappa shape index (κ2) is 10.9. The Morgan fingerprint density at radius 1 is 1.08 bits per heavy atom. The van der Waals surface area contributed by atoms with Crippen molar-refractivity contribution >= 4 is 18.3 Å². The van der Waals surface area contributed by atoms with Gasteiger partial charge in [0.05, 0.1) is 0 Å². The highest BCUT2D eigenvalue weighted by molar-refractivity contribution is 5.85. The van der Waals surface area contributed by atoms with Gasteiger partial charge in [0, 0.05) is 31.6 Å². The van der Waals surface area contributed by atoms with Crippen LogP contribution < -0.4 is 11.1 Å². The average Bonchev–Trinajstić information content (AvgIpc) is 2.56. The van der Waals surface area contributed by atoms with Gasteiger partial charge in [-0.1, -0.05) is 60.7 Å². The van der Waals surface area contributed by atoms with Crippen molar-refractivity contribution in [3.05, 3.63) is 71.8 Å². The summed E-state index contributed by atoms with van der Waals surface area (Å²) in [6.07, 6.45) is 0.302. The van der Waals surface area contributed by atoms with E-state index < -0.39 is 0 Å². The van der Waals surface area contributed by atoms with Crippen molar-refractivity contribution in [1.82, 2.24) is 10.2 Å². The molecule has 2 aromatic carbocycles. The Hall–Kier alpha value is -1.88. The number of hydrogen-bond donors (Lipinski definition) is 2. The lowest BCUT2D eigenvalue weighted by molar-refractivity contribution is -0.122. The molecule has 4 nitrogen and oxygen atoms in total. The highest BCUT2D eigenvalue weighted by atomic mass is 35.5. The van der Waals surface area contributed by atoms with E-state index in [2.05, 4.69) is 29.4 Å². The normalized spacial score (nSPS) is 13.0. The fourth-order valence-electron chi connectivity index (χ4n) is 2.82. The summed E-state index contributed by atoms with van der Waals surface area (Å²) in [6, 6.07) is 19.9. The second-order valence-corrected chi connectivity index (χ2v) is 6.37. The summed E-state index contributed by atoms with van der Waals surface area (Å²) in [6.45, 7) is 3.68. The Bertz CT molecular complexity index is 621. The van der Waals surface area contributed by atoms with Gasteiger partial charge in [-0.25, -0.2) is 0 Å². The summed E-state index contributed by atoms with van der Waals surface area (Å²) in [7, 11) is 2.06. The van der Waals surface area contributed by atoms with Crippen LogP contribution in [-0.2, 0) is 11.3 Å². The molecule has 0 aliphatic heterocycles. The van der Waals surface area contributed by atoms with Gasteiger partial charge in [-0.3, -0.25) is 4.79 Å². The molecule has 5 heteroatoms. The lowest BCUT2D eigenvalue weighted by Gasteiger charge is -2.23. The van der Waals surface area contributed by atoms with Crippen molar-refractivity contribution in [1.29, 1.82) is 0 Å². The molecule has 0 spiro atoms. The number of nitrogens with zero attached hydrogens (tertiary/aromatic N) is 1. The first kappa shape index (κ1) is 21.2. The summed E-state index contributed by atoms with van der Waals surface area (Å²) >= 11 is 0. The van der Waals surface area contributed by atoms with Gasteiger partial charge in [0.15, 0.2) is 0 Å². The van der Waals surface area contributed by atoms with Gasteiger partial charge in [-0.15, -0.1) is 12.4 Å². The zero-order valence-electron chi connectivity index (χ0n) is 14.9. The minimum absolute atomic E-state index is 0. The number of nitrogens with one attached hydrogen (secondary N) is 1. The number of carbonyl (C=O) groups is 1. The predicted molar refractivity (Wildman–Crippen MR) is 106 cm³/mol. The van der Waals surface area contributed by atoms with Crippen LogP contribution in [0.2, 0.25) is 0 Å². The molecule has 3 N–H and O–H groups in total.